The monoisotopic (exact) mass is 396 g/mol. The number of carbonyl (C=O) groups excluding carboxylic acids is 3. The van der Waals surface area contributed by atoms with Gasteiger partial charge in [0.2, 0.25) is 0 Å². The zero-order chi connectivity index (χ0) is 20.8. The van der Waals surface area contributed by atoms with E-state index in [4.69, 9.17) is 9.15 Å². The van der Waals surface area contributed by atoms with E-state index in [1.54, 1.807) is 25.1 Å². The summed E-state index contributed by atoms with van der Waals surface area (Å²) in [5, 5.41) is 4.97. The predicted molar refractivity (Wildman–Crippen MR) is 103 cm³/mol. The van der Waals surface area contributed by atoms with Gasteiger partial charge in [-0.25, -0.2) is 9.18 Å². The summed E-state index contributed by atoms with van der Waals surface area (Å²) in [5.74, 6) is -2.37. The van der Waals surface area contributed by atoms with E-state index in [0.717, 1.165) is 5.56 Å². The Bertz CT molecular complexity index is 1050. The Hall–Kier alpha value is -3.94. The molecule has 0 bridgehead atoms. The normalized spacial score (nSPS) is 10.3. The van der Waals surface area contributed by atoms with Gasteiger partial charge < -0.3 is 19.8 Å². The minimum Gasteiger partial charge on any atom is -0.459 e. The molecular formula is C21H17FN2O5. The van der Waals surface area contributed by atoms with Gasteiger partial charge in [0.1, 0.15) is 5.82 Å². The van der Waals surface area contributed by atoms with Crippen LogP contribution in [0.4, 0.5) is 15.8 Å². The van der Waals surface area contributed by atoms with Crippen LogP contribution in [0.2, 0.25) is 0 Å². The second-order valence-electron chi connectivity index (χ2n) is 6.07. The first kappa shape index (κ1) is 19.8. The molecule has 2 N–H and O–H groups in total. The van der Waals surface area contributed by atoms with Crippen molar-refractivity contribution in [2.75, 3.05) is 17.2 Å². The highest BCUT2D eigenvalue weighted by Crippen LogP contribution is 2.19. The molecule has 7 nitrogen and oxygen atoms in total. The lowest BCUT2D eigenvalue weighted by atomic mass is 10.1. The fourth-order valence-corrected chi connectivity index (χ4v) is 2.44. The summed E-state index contributed by atoms with van der Waals surface area (Å²) in [7, 11) is 0. The molecule has 1 aromatic heterocycles. The lowest BCUT2D eigenvalue weighted by Gasteiger charge is -2.10. The molecular weight excluding hydrogens is 379 g/mol. The summed E-state index contributed by atoms with van der Waals surface area (Å²) in [6.45, 7) is 1.17. The zero-order valence-electron chi connectivity index (χ0n) is 15.4. The van der Waals surface area contributed by atoms with E-state index >= 15 is 0 Å². The fraction of sp³-hybridized carbons (Fsp3) is 0.0952. The maximum absolute atomic E-state index is 13.5. The molecule has 3 aromatic rings. The minimum absolute atomic E-state index is 0.00758. The molecule has 2 amide bonds. The largest absolute Gasteiger partial charge is 0.459 e. The number of esters is 1. The van der Waals surface area contributed by atoms with Crippen LogP contribution in [0.25, 0.3) is 0 Å². The van der Waals surface area contributed by atoms with Gasteiger partial charge >= 0.3 is 5.97 Å². The van der Waals surface area contributed by atoms with E-state index in [0.29, 0.717) is 5.69 Å². The molecule has 0 atom stereocenters. The van der Waals surface area contributed by atoms with E-state index in [2.05, 4.69) is 10.6 Å². The van der Waals surface area contributed by atoms with Crippen molar-refractivity contribution in [1.29, 1.82) is 0 Å². The highest BCUT2D eigenvalue weighted by Gasteiger charge is 2.15. The standard InChI is InChI=1S/C21H17FN2O5/c1-13-8-9-14(11-17(13)24-20(26)18-7-4-10-28-18)21(27)29-12-19(25)23-16-6-3-2-5-15(16)22/h2-11H,12H2,1H3,(H,23,25)(H,24,26). The van der Waals surface area contributed by atoms with Crippen molar-refractivity contribution in [1.82, 2.24) is 0 Å². The number of hydrogen-bond donors (Lipinski definition) is 2. The fourth-order valence-electron chi connectivity index (χ4n) is 2.44. The Morgan fingerprint density at radius 3 is 2.52 bits per heavy atom. The van der Waals surface area contributed by atoms with Crippen LogP contribution in [0, 0.1) is 12.7 Å². The first-order valence-electron chi connectivity index (χ1n) is 8.61. The second-order valence-corrected chi connectivity index (χ2v) is 6.07. The Labute approximate surface area is 165 Å². The van der Waals surface area contributed by atoms with Crippen LogP contribution < -0.4 is 10.6 Å². The first-order chi connectivity index (χ1) is 13.9. The average Bonchev–Trinajstić information content (AvgIpc) is 3.24. The number of benzene rings is 2. The van der Waals surface area contributed by atoms with Crippen LogP contribution in [-0.4, -0.2) is 24.4 Å². The molecule has 0 aliphatic rings. The average molecular weight is 396 g/mol. The van der Waals surface area contributed by atoms with Crippen LogP contribution in [0.1, 0.15) is 26.5 Å². The van der Waals surface area contributed by atoms with Gasteiger partial charge in [-0.15, -0.1) is 0 Å². The lowest BCUT2D eigenvalue weighted by Crippen LogP contribution is -2.21. The van der Waals surface area contributed by atoms with Gasteiger partial charge in [0.15, 0.2) is 12.4 Å². The van der Waals surface area contributed by atoms with Crippen LogP contribution in [-0.2, 0) is 9.53 Å². The number of ether oxygens (including phenoxy) is 1. The Kier molecular flexibility index (Phi) is 6.03. The van der Waals surface area contributed by atoms with E-state index in [-0.39, 0.29) is 17.0 Å². The molecule has 0 saturated carbocycles. The highest BCUT2D eigenvalue weighted by molar-refractivity contribution is 6.03. The third-order valence-corrected chi connectivity index (χ3v) is 3.95. The van der Waals surface area contributed by atoms with Crippen molar-refractivity contribution in [3.63, 3.8) is 0 Å². The number of hydrogen-bond acceptors (Lipinski definition) is 5. The molecule has 148 valence electrons. The number of amides is 2. The molecule has 0 radical (unpaired) electrons. The Balaban J connectivity index is 1.61. The number of anilines is 2. The summed E-state index contributed by atoms with van der Waals surface area (Å²) in [5.41, 5.74) is 1.26. The molecule has 8 heteroatoms. The summed E-state index contributed by atoms with van der Waals surface area (Å²) >= 11 is 0. The predicted octanol–water partition coefficient (Wildman–Crippen LogP) is 3.77. The quantitative estimate of drug-likeness (QED) is 0.618. The molecule has 0 fully saturated rings. The van der Waals surface area contributed by atoms with Crippen molar-refractivity contribution in [3.8, 4) is 0 Å². The second kappa shape index (κ2) is 8.83. The molecule has 0 saturated heterocycles. The first-order valence-corrected chi connectivity index (χ1v) is 8.61. The number of halogens is 1. The van der Waals surface area contributed by atoms with Gasteiger partial charge in [-0.05, 0) is 48.9 Å². The van der Waals surface area contributed by atoms with Gasteiger partial charge in [-0.1, -0.05) is 18.2 Å². The molecule has 29 heavy (non-hydrogen) atoms. The number of para-hydroxylation sites is 1. The van der Waals surface area contributed by atoms with Gasteiger partial charge in [0, 0.05) is 5.69 Å². The Morgan fingerprint density at radius 2 is 1.79 bits per heavy atom. The minimum atomic E-state index is -0.762. The summed E-state index contributed by atoms with van der Waals surface area (Å²) in [6, 6.07) is 13.3. The van der Waals surface area contributed by atoms with Crippen molar-refractivity contribution in [3.05, 3.63) is 83.6 Å². The molecule has 0 aliphatic heterocycles. The maximum Gasteiger partial charge on any atom is 0.338 e. The lowest BCUT2D eigenvalue weighted by molar-refractivity contribution is -0.119. The van der Waals surface area contributed by atoms with Crippen LogP contribution >= 0.6 is 0 Å². The van der Waals surface area contributed by atoms with Gasteiger partial charge in [-0.3, -0.25) is 9.59 Å². The van der Waals surface area contributed by atoms with Crippen molar-refractivity contribution in [2.24, 2.45) is 0 Å². The molecule has 3 rings (SSSR count). The van der Waals surface area contributed by atoms with E-state index in [1.165, 1.54) is 42.7 Å². The van der Waals surface area contributed by atoms with Crippen molar-refractivity contribution < 1.29 is 27.9 Å². The summed E-state index contributed by atoms with van der Waals surface area (Å²) < 4.78 is 23.5. The zero-order valence-corrected chi connectivity index (χ0v) is 15.4. The van der Waals surface area contributed by atoms with E-state index < -0.39 is 30.2 Å². The summed E-state index contributed by atoms with van der Waals surface area (Å²) in [6.07, 6.45) is 1.38. The number of nitrogens with one attached hydrogen (secondary N) is 2. The summed E-state index contributed by atoms with van der Waals surface area (Å²) in [4.78, 5) is 36.2. The van der Waals surface area contributed by atoms with Gasteiger partial charge in [0.05, 0.1) is 17.5 Å². The number of aryl methyl sites for hydroxylation is 1. The molecule has 0 aliphatic carbocycles. The van der Waals surface area contributed by atoms with Crippen LogP contribution in [0.3, 0.4) is 0 Å². The maximum atomic E-state index is 13.5. The number of carbonyl (C=O) groups is 3. The van der Waals surface area contributed by atoms with E-state index in [9.17, 15) is 18.8 Å². The molecule has 0 unspecified atom stereocenters. The van der Waals surface area contributed by atoms with Crippen LogP contribution in [0.5, 0.6) is 0 Å². The number of furan rings is 1. The third-order valence-electron chi connectivity index (χ3n) is 3.95. The highest BCUT2D eigenvalue weighted by atomic mass is 19.1. The Morgan fingerprint density at radius 1 is 1.00 bits per heavy atom. The number of rotatable bonds is 6. The third kappa shape index (κ3) is 5.07. The van der Waals surface area contributed by atoms with Gasteiger partial charge in [0.25, 0.3) is 11.8 Å². The topological polar surface area (TPSA) is 97.6 Å². The van der Waals surface area contributed by atoms with Crippen LogP contribution in [0.15, 0.2) is 65.3 Å². The smallest absolute Gasteiger partial charge is 0.338 e. The molecule has 2 aromatic carbocycles. The molecule has 0 spiro atoms. The molecule has 1 heterocycles. The van der Waals surface area contributed by atoms with Crippen molar-refractivity contribution in [2.45, 2.75) is 6.92 Å². The van der Waals surface area contributed by atoms with Crippen molar-refractivity contribution >= 4 is 29.2 Å². The van der Waals surface area contributed by atoms with Gasteiger partial charge in [-0.2, -0.15) is 0 Å². The SMILES string of the molecule is Cc1ccc(C(=O)OCC(=O)Nc2ccccc2F)cc1NC(=O)c1ccco1. The van der Waals surface area contributed by atoms with E-state index in [1.807, 2.05) is 0 Å².